The van der Waals surface area contributed by atoms with Gasteiger partial charge in [0.15, 0.2) is 12.5 Å². The van der Waals surface area contributed by atoms with Gasteiger partial charge in [0.1, 0.15) is 5.82 Å². The van der Waals surface area contributed by atoms with Crippen molar-refractivity contribution in [2.75, 3.05) is 19.7 Å². The minimum atomic E-state index is -0.314. The monoisotopic (exact) mass is 379 g/mol. The molecule has 1 saturated heterocycles. The summed E-state index contributed by atoms with van der Waals surface area (Å²) in [6.45, 7) is 4.58. The molecule has 0 spiro atoms. The zero-order valence-electron chi connectivity index (χ0n) is 15.1. The van der Waals surface area contributed by atoms with E-state index in [0.717, 1.165) is 25.9 Å². The summed E-state index contributed by atoms with van der Waals surface area (Å²) < 4.78 is 23.2. The molecule has 0 saturated carbocycles. The first-order valence-electron chi connectivity index (χ1n) is 8.90. The largest absolute Gasteiger partial charge is 0.466 e. The first kappa shape index (κ1) is 18.7. The van der Waals surface area contributed by atoms with E-state index < -0.39 is 0 Å². The van der Waals surface area contributed by atoms with Gasteiger partial charge in [0.05, 0.1) is 31.2 Å². The van der Waals surface area contributed by atoms with E-state index >= 15 is 0 Å². The molecule has 26 heavy (non-hydrogen) atoms. The first-order valence-corrected chi connectivity index (χ1v) is 9.31. The van der Waals surface area contributed by atoms with E-state index in [1.54, 1.807) is 34.5 Å². The van der Waals surface area contributed by atoms with Crippen molar-refractivity contribution < 1.29 is 18.8 Å². The quantitative estimate of drug-likeness (QED) is 0.633. The second-order valence-corrected chi connectivity index (χ2v) is 6.94. The molecule has 1 aromatic heterocycles. The predicted octanol–water partition coefficient (Wildman–Crippen LogP) is 1.57. The van der Waals surface area contributed by atoms with Crippen molar-refractivity contribution in [2.24, 2.45) is 13.0 Å². The summed E-state index contributed by atoms with van der Waals surface area (Å²) in [5, 5.41) is 4.54. The highest BCUT2D eigenvalue weighted by Gasteiger charge is 2.29. The number of carbonyl (C=O) groups excluding carboxylic acids is 1. The van der Waals surface area contributed by atoms with Crippen LogP contribution in [0.5, 0.6) is 0 Å². The van der Waals surface area contributed by atoms with Gasteiger partial charge in [0, 0.05) is 19.9 Å². The van der Waals surface area contributed by atoms with Gasteiger partial charge < -0.3 is 14.2 Å². The summed E-state index contributed by atoms with van der Waals surface area (Å²) in [6, 6.07) is 6.56. The van der Waals surface area contributed by atoms with E-state index in [9.17, 15) is 9.18 Å². The number of esters is 1. The Labute approximate surface area is 157 Å². The maximum absolute atomic E-state index is 14.1. The van der Waals surface area contributed by atoms with Crippen LogP contribution in [0.3, 0.4) is 0 Å². The molecule has 8 heteroatoms. The lowest BCUT2D eigenvalue weighted by Crippen LogP contribution is -3.12. The third-order valence-corrected chi connectivity index (χ3v) is 5.33. The fraction of sp³-hybridized carbons (Fsp3) is 0.500. The zero-order valence-corrected chi connectivity index (χ0v) is 15.9. The van der Waals surface area contributed by atoms with E-state index in [-0.39, 0.29) is 17.7 Å². The number of nitrogens with zero attached hydrogens (tertiary/aromatic N) is 3. The SMILES string of the molecule is CCOC(=O)C1CC[NH+](Cn2nc(-c3ccccc3F)n(C)c2=S)CC1. The van der Waals surface area contributed by atoms with Gasteiger partial charge >= 0.3 is 5.97 Å². The maximum Gasteiger partial charge on any atom is 0.309 e. The summed E-state index contributed by atoms with van der Waals surface area (Å²) in [5.74, 6) is 0.103. The highest BCUT2D eigenvalue weighted by Crippen LogP contribution is 2.20. The summed E-state index contributed by atoms with van der Waals surface area (Å²) in [5.41, 5.74) is 0.441. The van der Waals surface area contributed by atoms with Crippen molar-refractivity contribution in [3.8, 4) is 11.4 Å². The molecule has 1 aliphatic heterocycles. The van der Waals surface area contributed by atoms with Crippen LogP contribution in [-0.2, 0) is 23.2 Å². The van der Waals surface area contributed by atoms with Gasteiger partial charge in [0.25, 0.3) is 0 Å². The molecule has 2 aromatic rings. The molecule has 140 valence electrons. The van der Waals surface area contributed by atoms with Crippen LogP contribution in [0.15, 0.2) is 24.3 Å². The van der Waals surface area contributed by atoms with Crippen LogP contribution in [0.1, 0.15) is 19.8 Å². The number of hydrogen-bond acceptors (Lipinski definition) is 4. The number of benzene rings is 1. The van der Waals surface area contributed by atoms with Crippen LogP contribution >= 0.6 is 12.2 Å². The minimum absolute atomic E-state index is 0.00983. The number of likely N-dealkylation sites (tertiary alicyclic amines) is 1. The van der Waals surface area contributed by atoms with Crippen molar-refractivity contribution in [2.45, 2.75) is 26.4 Å². The van der Waals surface area contributed by atoms with Crippen LogP contribution in [0.25, 0.3) is 11.4 Å². The third-order valence-electron chi connectivity index (χ3n) is 4.84. The second-order valence-electron chi connectivity index (χ2n) is 6.58. The number of rotatable bonds is 5. The number of ether oxygens (including phenoxy) is 1. The molecule has 0 amide bonds. The van der Waals surface area contributed by atoms with Gasteiger partial charge in [-0.3, -0.25) is 4.79 Å². The molecule has 6 nitrogen and oxygen atoms in total. The zero-order chi connectivity index (χ0) is 18.7. The lowest BCUT2D eigenvalue weighted by atomic mass is 9.97. The van der Waals surface area contributed by atoms with E-state index in [2.05, 4.69) is 5.10 Å². The molecule has 0 unspecified atom stereocenters. The Morgan fingerprint density at radius 2 is 2.08 bits per heavy atom. The Morgan fingerprint density at radius 3 is 2.73 bits per heavy atom. The average Bonchev–Trinajstić information content (AvgIpc) is 2.91. The number of halogens is 1. The van der Waals surface area contributed by atoms with Crippen LogP contribution in [0.4, 0.5) is 4.39 Å². The van der Waals surface area contributed by atoms with Gasteiger partial charge in [-0.15, -0.1) is 5.10 Å². The molecule has 3 rings (SSSR count). The molecule has 1 aromatic carbocycles. The van der Waals surface area contributed by atoms with Gasteiger partial charge in [-0.2, -0.15) is 4.68 Å². The number of carbonyl (C=O) groups is 1. The third kappa shape index (κ3) is 3.86. The Bertz CT molecular complexity index is 840. The predicted molar refractivity (Wildman–Crippen MR) is 97.5 cm³/mol. The Balaban J connectivity index is 1.70. The normalized spacial score (nSPS) is 20.1. The number of piperidine rings is 1. The molecule has 1 aliphatic rings. The standard InChI is InChI=1S/C18H23FN4O2S/c1-3-25-17(24)13-8-10-22(11-9-13)12-23-18(26)21(2)16(20-23)14-6-4-5-7-15(14)19/h4-7,13H,3,8-12H2,1-2H3/p+1. The molecule has 0 aliphatic carbocycles. The maximum atomic E-state index is 14.1. The smallest absolute Gasteiger partial charge is 0.309 e. The van der Waals surface area contributed by atoms with Gasteiger partial charge in [0.2, 0.25) is 4.77 Å². The fourth-order valence-corrected chi connectivity index (χ4v) is 3.55. The topological polar surface area (TPSA) is 53.5 Å². The summed E-state index contributed by atoms with van der Waals surface area (Å²) in [6.07, 6.45) is 1.60. The van der Waals surface area contributed by atoms with Crippen LogP contribution in [0.2, 0.25) is 0 Å². The number of hydrogen-bond donors (Lipinski definition) is 1. The lowest BCUT2D eigenvalue weighted by Gasteiger charge is -2.27. The Morgan fingerprint density at radius 1 is 1.38 bits per heavy atom. The first-order chi connectivity index (χ1) is 12.5. The summed E-state index contributed by atoms with van der Waals surface area (Å²) in [4.78, 5) is 13.2. The number of nitrogens with one attached hydrogen (secondary N) is 1. The van der Waals surface area contributed by atoms with Crippen molar-refractivity contribution in [3.05, 3.63) is 34.9 Å². The highest BCUT2D eigenvalue weighted by molar-refractivity contribution is 7.71. The molecular formula is C18H24FN4O2S+. The Kier molecular flexibility index (Phi) is 5.83. The van der Waals surface area contributed by atoms with Crippen molar-refractivity contribution >= 4 is 18.2 Å². The average molecular weight is 379 g/mol. The summed E-state index contributed by atoms with van der Waals surface area (Å²) >= 11 is 5.48. The second kappa shape index (κ2) is 8.09. The van der Waals surface area contributed by atoms with E-state index in [1.165, 1.54) is 11.0 Å². The van der Waals surface area contributed by atoms with E-state index in [4.69, 9.17) is 17.0 Å². The van der Waals surface area contributed by atoms with Crippen LogP contribution in [0, 0.1) is 16.5 Å². The molecular weight excluding hydrogens is 355 g/mol. The van der Waals surface area contributed by atoms with Gasteiger partial charge in [-0.05, 0) is 31.3 Å². The molecule has 0 radical (unpaired) electrons. The lowest BCUT2D eigenvalue weighted by molar-refractivity contribution is -0.929. The minimum Gasteiger partial charge on any atom is -0.466 e. The number of quaternary nitrogens is 1. The highest BCUT2D eigenvalue weighted by atomic mass is 32.1. The van der Waals surface area contributed by atoms with E-state index in [0.29, 0.717) is 29.4 Å². The van der Waals surface area contributed by atoms with Crippen LogP contribution < -0.4 is 4.90 Å². The molecule has 0 bridgehead atoms. The van der Waals surface area contributed by atoms with Crippen molar-refractivity contribution in [1.82, 2.24) is 14.3 Å². The van der Waals surface area contributed by atoms with Crippen molar-refractivity contribution in [1.29, 1.82) is 0 Å². The van der Waals surface area contributed by atoms with Gasteiger partial charge in [-0.25, -0.2) is 4.39 Å². The molecule has 2 heterocycles. The molecule has 1 N–H and O–H groups in total. The van der Waals surface area contributed by atoms with Crippen LogP contribution in [-0.4, -0.2) is 40.0 Å². The van der Waals surface area contributed by atoms with E-state index in [1.807, 2.05) is 6.92 Å². The number of aromatic nitrogens is 3. The van der Waals surface area contributed by atoms with Gasteiger partial charge in [-0.1, -0.05) is 12.1 Å². The Hall–Kier alpha value is -2.06. The summed E-state index contributed by atoms with van der Waals surface area (Å²) in [7, 11) is 1.80. The molecule has 0 atom stereocenters. The molecule has 1 fully saturated rings. The van der Waals surface area contributed by atoms with Crippen molar-refractivity contribution in [3.63, 3.8) is 0 Å². The fourth-order valence-electron chi connectivity index (χ4n) is 3.36.